The summed E-state index contributed by atoms with van der Waals surface area (Å²) in [7, 11) is 0. The van der Waals surface area contributed by atoms with E-state index in [-0.39, 0.29) is 5.91 Å². The molecule has 0 aromatic carbocycles. The fourth-order valence-electron chi connectivity index (χ4n) is 3.14. The molecular weight excluding hydrogens is 224 g/mol. The maximum Gasteiger partial charge on any atom is 0.234 e. The number of hydrogen-bond donors (Lipinski definition) is 1. The summed E-state index contributed by atoms with van der Waals surface area (Å²) in [5.74, 6) is 0.973. The largest absolute Gasteiger partial charge is 0.352 e. The standard InChI is InChI=1S/C15H28N2O/c1-3-17(14-7-5-4-6-8-14)11-15(18)16-12(2)13-9-10-13/h12-14H,3-11H2,1-2H3,(H,16,18). The zero-order valence-corrected chi connectivity index (χ0v) is 12.0. The molecule has 1 amide bonds. The highest BCUT2D eigenvalue weighted by atomic mass is 16.2. The van der Waals surface area contributed by atoms with Gasteiger partial charge in [-0.2, -0.15) is 0 Å². The van der Waals surface area contributed by atoms with Gasteiger partial charge in [0.1, 0.15) is 0 Å². The van der Waals surface area contributed by atoms with Crippen molar-refractivity contribution in [2.24, 2.45) is 5.92 Å². The van der Waals surface area contributed by atoms with E-state index in [1.807, 2.05) is 0 Å². The lowest BCUT2D eigenvalue weighted by Gasteiger charge is -2.33. The van der Waals surface area contributed by atoms with E-state index in [1.54, 1.807) is 0 Å². The molecule has 2 aliphatic rings. The van der Waals surface area contributed by atoms with E-state index >= 15 is 0 Å². The van der Waals surface area contributed by atoms with Gasteiger partial charge in [0.2, 0.25) is 5.91 Å². The zero-order valence-electron chi connectivity index (χ0n) is 12.0. The van der Waals surface area contributed by atoms with Gasteiger partial charge in [0.15, 0.2) is 0 Å². The summed E-state index contributed by atoms with van der Waals surface area (Å²) in [6.45, 7) is 5.91. The van der Waals surface area contributed by atoms with Gasteiger partial charge < -0.3 is 5.32 Å². The summed E-state index contributed by atoms with van der Waals surface area (Å²) in [4.78, 5) is 14.4. The van der Waals surface area contributed by atoms with Crippen LogP contribution in [0.5, 0.6) is 0 Å². The molecule has 0 aromatic heterocycles. The molecule has 0 saturated heterocycles. The minimum absolute atomic E-state index is 0.224. The van der Waals surface area contributed by atoms with E-state index < -0.39 is 0 Å². The van der Waals surface area contributed by atoms with Crippen LogP contribution < -0.4 is 5.32 Å². The molecule has 0 spiro atoms. The summed E-state index contributed by atoms with van der Waals surface area (Å²) in [5.41, 5.74) is 0. The van der Waals surface area contributed by atoms with E-state index in [0.29, 0.717) is 18.6 Å². The average Bonchev–Trinajstić information content (AvgIpc) is 3.21. The van der Waals surface area contributed by atoms with Crippen LogP contribution in [0.25, 0.3) is 0 Å². The van der Waals surface area contributed by atoms with Crippen molar-refractivity contribution in [2.45, 2.75) is 70.9 Å². The summed E-state index contributed by atoms with van der Waals surface area (Å²) < 4.78 is 0. The summed E-state index contributed by atoms with van der Waals surface area (Å²) in [6.07, 6.45) is 9.18. The zero-order chi connectivity index (χ0) is 13.0. The predicted molar refractivity (Wildman–Crippen MR) is 74.4 cm³/mol. The van der Waals surface area contributed by atoms with Gasteiger partial charge in [0, 0.05) is 12.1 Å². The number of nitrogens with zero attached hydrogens (tertiary/aromatic N) is 1. The van der Waals surface area contributed by atoms with Gasteiger partial charge in [-0.15, -0.1) is 0 Å². The number of carbonyl (C=O) groups excluding carboxylic acids is 1. The third-order valence-electron chi connectivity index (χ3n) is 4.56. The lowest BCUT2D eigenvalue weighted by Crippen LogP contribution is -2.46. The minimum Gasteiger partial charge on any atom is -0.352 e. The minimum atomic E-state index is 0.224. The smallest absolute Gasteiger partial charge is 0.234 e. The van der Waals surface area contributed by atoms with Crippen LogP contribution in [-0.2, 0) is 4.79 Å². The van der Waals surface area contributed by atoms with Crippen molar-refractivity contribution in [3.8, 4) is 0 Å². The quantitative estimate of drug-likeness (QED) is 0.788. The fourth-order valence-corrected chi connectivity index (χ4v) is 3.14. The third kappa shape index (κ3) is 3.98. The van der Waals surface area contributed by atoms with Crippen LogP contribution in [0.4, 0.5) is 0 Å². The molecule has 0 radical (unpaired) electrons. The number of hydrogen-bond acceptors (Lipinski definition) is 2. The van der Waals surface area contributed by atoms with Crippen molar-refractivity contribution in [3.63, 3.8) is 0 Å². The molecule has 3 nitrogen and oxygen atoms in total. The van der Waals surface area contributed by atoms with Gasteiger partial charge >= 0.3 is 0 Å². The summed E-state index contributed by atoms with van der Waals surface area (Å²) in [6, 6.07) is 1.02. The Bertz CT molecular complexity index is 270. The van der Waals surface area contributed by atoms with Gasteiger partial charge in [-0.1, -0.05) is 26.2 Å². The SMILES string of the molecule is CCN(CC(=O)NC(C)C1CC1)C1CCCCC1. The first-order chi connectivity index (χ1) is 8.70. The number of carbonyl (C=O) groups is 1. The maximum atomic E-state index is 12.0. The second-order valence-electron chi connectivity index (χ2n) is 6.05. The van der Waals surface area contributed by atoms with E-state index in [9.17, 15) is 4.79 Å². The molecule has 2 rings (SSSR count). The van der Waals surface area contributed by atoms with Crippen LogP contribution >= 0.6 is 0 Å². The van der Waals surface area contributed by atoms with Crippen LogP contribution in [0.3, 0.4) is 0 Å². The molecule has 2 fully saturated rings. The van der Waals surface area contributed by atoms with Crippen LogP contribution in [0.1, 0.15) is 58.8 Å². The number of likely N-dealkylation sites (N-methyl/N-ethyl adjacent to an activating group) is 1. The molecule has 0 aromatic rings. The topological polar surface area (TPSA) is 32.3 Å². The van der Waals surface area contributed by atoms with E-state index in [2.05, 4.69) is 24.1 Å². The van der Waals surface area contributed by atoms with Crippen molar-refractivity contribution < 1.29 is 4.79 Å². The summed E-state index contributed by atoms with van der Waals surface area (Å²) >= 11 is 0. The molecule has 1 atom stereocenters. The Balaban J connectivity index is 1.75. The predicted octanol–water partition coefficient (Wildman–Crippen LogP) is 2.56. The van der Waals surface area contributed by atoms with E-state index in [4.69, 9.17) is 0 Å². The van der Waals surface area contributed by atoms with Crippen molar-refractivity contribution in [1.82, 2.24) is 10.2 Å². The normalized spacial score (nSPS) is 23.1. The second kappa shape index (κ2) is 6.55. The third-order valence-corrected chi connectivity index (χ3v) is 4.56. The van der Waals surface area contributed by atoms with Crippen molar-refractivity contribution in [1.29, 1.82) is 0 Å². The molecule has 2 saturated carbocycles. The molecule has 0 heterocycles. The van der Waals surface area contributed by atoms with E-state index in [1.165, 1.54) is 44.9 Å². The molecule has 1 unspecified atom stereocenters. The van der Waals surface area contributed by atoms with Gasteiger partial charge in [-0.3, -0.25) is 9.69 Å². The number of nitrogens with one attached hydrogen (secondary N) is 1. The Labute approximate surface area is 111 Å². The van der Waals surface area contributed by atoms with Crippen molar-refractivity contribution in [3.05, 3.63) is 0 Å². The van der Waals surface area contributed by atoms with Gasteiger partial charge in [-0.05, 0) is 45.1 Å². The maximum absolute atomic E-state index is 12.0. The molecule has 0 bridgehead atoms. The molecular formula is C15H28N2O. The number of rotatable bonds is 6. The van der Waals surface area contributed by atoms with Crippen LogP contribution in [0, 0.1) is 5.92 Å². The first-order valence-corrected chi connectivity index (χ1v) is 7.74. The van der Waals surface area contributed by atoms with Crippen LogP contribution in [0.15, 0.2) is 0 Å². The molecule has 1 N–H and O–H groups in total. The second-order valence-corrected chi connectivity index (χ2v) is 6.05. The van der Waals surface area contributed by atoms with Gasteiger partial charge in [-0.25, -0.2) is 0 Å². The van der Waals surface area contributed by atoms with Gasteiger partial charge in [0.05, 0.1) is 6.54 Å². The Morgan fingerprint density at radius 1 is 1.22 bits per heavy atom. The van der Waals surface area contributed by atoms with Crippen molar-refractivity contribution in [2.75, 3.05) is 13.1 Å². The molecule has 0 aliphatic heterocycles. The highest BCUT2D eigenvalue weighted by Crippen LogP contribution is 2.32. The fraction of sp³-hybridized carbons (Fsp3) is 0.933. The lowest BCUT2D eigenvalue weighted by molar-refractivity contribution is -0.123. The van der Waals surface area contributed by atoms with Crippen LogP contribution in [0.2, 0.25) is 0 Å². The molecule has 104 valence electrons. The Hall–Kier alpha value is -0.570. The highest BCUT2D eigenvalue weighted by molar-refractivity contribution is 5.78. The monoisotopic (exact) mass is 252 g/mol. The first kappa shape index (κ1) is 13.9. The summed E-state index contributed by atoms with van der Waals surface area (Å²) in [5, 5.41) is 3.17. The first-order valence-electron chi connectivity index (χ1n) is 7.74. The van der Waals surface area contributed by atoms with Crippen molar-refractivity contribution >= 4 is 5.91 Å². The highest BCUT2D eigenvalue weighted by Gasteiger charge is 2.29. The Kier molecular flexibility index (Phi) is 5.04. The average molecular weight is 252 g/mol. The molecule has 2 aliphatic carbocycles. The van der Waals surface area contributed by atoms with E-state index in [0.717, 1.165) is 12.5 Å². The molecule has 18 heavy (non-hydrogen) atoms. The van der Waals surface area contributed by atoms with Crippen LogP contribution in [-0.4, -0.2) is 36.0 Å². The Morgan fingerprint density at radius 2 is 1.89 bits per heavy atom. The molecule has 3 heteroatoms. The Morgan fingerprint density at radius 3 is 2.44 bits per heavy atom. The lowest BCUT2D eigenvalue weighted by atomic mass is 9.94. The van der Waals surface area contributed by atoms with Gasteiger partial charge in [0.25, 0.3) is 0 Å². The number of amides is 1.